The number of rotatable bonds is 4. The molecule has 1 aliphatic carbocycles. The molecule has 2 aromatic carbocycles. The molecule has 2 heterocycles. The number of benzene rings is 2. The molecule has 0 aliphatic heterocycles. The minimum absolute atomic E-state index is 0.0233. The Kier molecular flexibility index (Phi) is 4.31. The van der Waals surface area contributed by atoms with Crippen molar-refractivity contribution in [2.24, 2.45) is 0 Å². The molecule has 29 heavy (non-hydrogen) atoms. The molecule has 4 aromatic rings. The lowest BCUT2D eigenvalue weighted by atomic mass is 9.91. The van der Waals surface area contributed by atoms with E-state index in [-0.39, 0.29) is 11.9 Å². The van der Waals surface area contributed by atoms with Crippen LogP contribution in [0.25, 0.3) is 21.8 Å². The van der Waals surface area contributed by atoms with E-state index in [2.05, 4.69) is 39.6 Å². The van der Waals surface area contributed by atoms with Gasteiger partial charge >= 0.3 is 0 Å². The second-order valence-corrected chi connectivity index (χ2v) is 7.89. The van der Waals surface area contributed by atoms with Crippen LogP contribution < -0.4 is 10.1 Å². The highest BCUT2D eigenvalue weighted by Crippen LogP contribution is 2.36. The maximum absolute atomic E-state index is 12.9. The van der Waals surface area contributed by atoms with E-state index in [0.29, 0.717) is 6.42 Å². The van der Waals surface area contributed by atoms with Gasteiger partial charge in [0.2, 0.25) is 5.91 Å². The number of amides is 1. The highest BCUT2D eigenvalue weighted by molar-refractivity contribution is 5.91. The molecule has 0 spiro atoms. The minimum Gasteiger partial charge on any atom is -0.497 e. The van der Waals surface area contributed by atoms with Crippen LogP contribution in [-0.2, 0) is 17.6 Å². The number of nitrogens with one attached hydrogen (secondary N) is 3. The number of H-pyrrole nitrogens is 2. The number of fused-ring (bicyclic) bond motifs is 4. The van der Waals surface area contributed by atoms with Crippen LogP contribution in [0.15, 0.2) is 42.5 Å². The van der Waals surface area contributed by atoms with Gasteiger partial charge in [-0.1, -0.05) is 18.2 Å². The third-order valence-corrected chi connectivity index (χ3v) is 6.11. The maximum atomic E-state index is 12.9. The summed E-state index contributed by atoms with van der Waals surface area (Å²) >= 11 is 0. The largest absolute Gasteiger partial charge is 0.497 e. The van der Waals surface area contributed by atoms with Crippen LogP contribution in [-0.4, -0.2) is 23.0 Å². The van der Waals surface area contributed by atoms with Crippen molar-refractivity contribution in [3.63, 3.8) is 0 Å². The summed E-state index contributed by atoms with van der Waals surface area (Å²) in [7, 11) is 1.69. The molecule has 0 fully saturated rings. The first kappa shape index (κ1) is 17.9. The Labute approximate surface area is 169 Å². The molecule has 0 saturated heterocycles. The Balaban J connectivity index is 1.41. The van der Waals surface area contributed by atoms with Crippen LogP contribution in [0.5, 0.6) is 5.75 Å². The number of aromatic nitrogens is 2. The molecule has 5 heteroatoms. The van der Waals surface area contributed by atoms with Crippen molar-refractivity contribution in [2.45, 2.75) is 38.6 Å². The van der Waals surface area contributed by atoms with Gasteiger partial charge in [0.15, 0.2) is 0 Å². The zero-order valence-electron chi connectivity index (χ0n) is 16.8. The second kappa shape index (κ2) is 6.99. The number of hydrogen-bond donors (Lipinski definition) is 3. The van der Waals surface area contributed by atoms with E-state index in [9.17, 15) is 4.79 Å². The first-order chi connectivity index (χ1) is 14.1. The average molecular weight is 387 g/mol. The Morgan fingerprint density at radius 1 is 1.14 bits per heavy atom. The Morgan fingerprint density at radius 2 is 1.97 bits per heavy atom. The van der Waals surface area contributed by atoms with E-state index in [1.807, 2.05) is 25.1 Å². The van der Waals surface area contributed by atoms with Crippen LogP contribution >= 0.6 is 0 Å². The molecule has 0 bridgehead atoms. The van der Waals surface area contributed by atoms with E-state index >= 15 is 0 Å². The molecule has 2 aromatic heterocycles. The van der Waals surface area contributed by atoms with Gasteiger partial charge in [-0.2, -0.15) is 0 Å². The molecule has 1 aliphatic rings. The molecule has 148 valence electrons. The Morgan fingerprint density at radius 3 is 2.83 bits per heavy atom. The quantitative estimate of drug-likeness (QED) is 0.475. The molecule has 5 nitrogen and oxygen atoms in total. The van der Waals surface area contributed by atoms with Gasteiger partial charge in [-0.15, -0.1) is 0 Å². The van der Waals surface area contributed by atoms with Crippen molar-refractivity contribution in [2.75, 3.05) is 7.11 Å². The Hall–Kier alpha value is -3.21. The summed E-state index contributed by atoms with van der Waals surface area (Å²) in [5.41, 5.74) is 6.77. The maximum Gasteiger partial charge on any atom is 0.225 e. The molecule has 1 atom stereocenters. The highest BCUT2D eigenvalue weighted by atomic mass is 16.5. The van der Waals surface area contributed by atoms with Gasteiger partial charge in [-0.25, -0.2) is 0 Å². The zero-order chi connectivity index (χ0) is 20.0. The first-order valence-corrected chi connectivity index (χ1v) is 10.2. The average Bonchev–Trinajstić information content (AvgIpc) is 3.26. The van der Waals surface area contributed by atoms with Crippen molar-refractivity contribution < 1.29 is 9.53 Å². The number of hydrogen-bond acceptors (Lipinski definition) is 2. The summed E-state index contributed by atoms with van der Waals surface area (Å²) in [6.07, 6.45) is 3.43. The van der Waals surface area contributed by atoms with Crippen LogP contribution in [0.4, 0.5) is 0 Å². The number of carbonyl (C=O) groups excluding carboxylic acids is 1. The first-order valence-electron chi connectivity index (χ1n) is 10.2. The van der Waals surface area contributed by atoms with Gasteiger partial charge in [-0.3, -0.25) is 4.79 Å². The van der Waals surface area contributed by atoms with Gasteiger partial charge in [0.25, 0.3) is 0 Å². The van der Waals surface area contributed by atoms with Crippen molar-refractivity contribution in [1.29, 1.82) is 0 Å². The van der Waals surface area contributed by atoms with Crippen molar-refractivity contribution in [3.05, 3.63) is 65.0 Å². The third kappa shape index (κ3) is 3.07. The fourth-order valence-electron chi connectivity index (χ4n) is 4.68. The van der Waals surface area contributed by atoms with E-state index < -0.39 is 0 Å². The monoisotopic (exact) mass is 387 g/mol. The van der Waals surface area contributed by atoms with Gasteiger partial charge in [0, 0.05) is 33.2 Å². The predicted molar refractivity (Wildman–Crippen MR) is 115 cm³/mol. The summed E-state index contributed by atoms with van der Waals surface area (Å²) in [6, 6.07) is 14.3. The van der Waals surface area contributed by atoms with Crippen LogP contribution in [0, 0.1) is 6.92 Å². The van der Waals surface area contributed by atoms with Crippen LogP contribution in [0.1, 0.15) is 41.4 Å². The number of ether oxygens (including phenoxy) is 1. The molecular weight excluding hydrogens is 362 g/mol. The molecule has 5 rings (SSSR count). The van der Waals surface area contributed by atoms with Crippen molar-refractivity contribution in [3.8, 4) is 5.75 Å². The predicted octanol–water partition coefficient (Wildman–Crippen LogP) is 4.70. The summed E-state index contributed by atoms with van der Waals surface area (Å²) in [5, 5.41) is 5.61. The molecule has 0 unspecified atom stereocenters. The number of carbonyl (C=O) groups is 1. The minimum atomic E-state index is 0.0233. The molecule has 0 saturated carbocycles. The van der Waals surface area contributed by atoms with Crippen molar-refractivity contribution in [1.82, 2.24) is 15.3 Å². The molecular formula is C24H25N3O2. The number of aromatic amines is 2. The Bertz CT molecular complexity index is 1220. The van der Waals surface area contributed by atoms with E-state index in [0.717, 1.165) is 58.4 Å². The number of aryl methyl sites for hydroxylation is 2. The second-order valence-electron chi connectivity index (χ2n) is 7.89. The van der Waals surface area contributed by atoms with Gasteiger partial charge in [0.1, 0.15) is 5.75 Å². The molecule has 1 amide bonds. The SMILES string of the molecule is COc1ccc2[nH]c3c(c2c1)CCC[C@H]3NC(=O)Cc1c(C)[nH]c2ccccc12. The smallest absolute Gasteiger partial charge is 0.225 e. The van der Waals surface area contributed by atoms with Gasteiger partial charge in [-0.05, 0) is 61.6 Å². The van der Waals surface area contributed by atoms with Crippen LogP contribution in [0.2, 0.25) is 0 Å². The highest BCUT2D eigenvalue weighted by Gasteiger charge is 2.26. The van der Waals surface area contributed by atoms with E-state index in [1.165, 1.54) is 10.9 Å². The summed E-state index contributed by atoms with van der Waals surface area (Å²) in [4.78, 5) is 19.9. The fraction of sp³-hybridized carbons (Fsp3) is 0.292. The topological polar surface area (TPSA) is 69.9 Å². The van der Waals surface area contributed by atoms with Crippen molar-refractivity contribution >= 4 is 27.7 Å². The lowest BCUT2D eigenvalue weighted by Crippen LogP contribution is -2.32. The van der Waals surface area contributed by atoms with Gasteiger partial charge < -0.3 is 20.0 Å². The van der Waals surface area contributed by atoms with E-state index in [4.69, 9.17) is 4.74 Å². The van der Waals surface area contributed by atoms with Gasteiger partial charge in [0.05, 0.1) is 19.6 Å². The lowest BCUT2D eigenvalue weighted by Gasteiger charge is -2.24. The standard InChI is InChI=1S/C24H25N3O2/c1-14-18(16-6-3-4-8-20(16)25-14)13-23(28)26-22-9-5-7-17-19-12-15(29-2)10-11-21(19)27-24(17)22/h3-4,6,8,10-12,22,25,27H,5,7,9,13H2,1-2H3,(H,26,28)/t22-/m1/s1. The molecule has 3 N–H and O–H groups in total. The molecule has 0 radical (unpaired) electrons. The van der Waals surface area contributed by atoms with E-state index in [1.54, 1.807) is 7.11 Å². The number of methoxy groups -OCH3 is 1. The normalized spacial score (nSPS) is 16.1. The zero-order valence-corrected chi connectivity index (χ0v) is 16.8. The summed E-state index contributed by atoms with van der Waals surface area (Å²) in [5.74, 6) is 0.923. The lowest BCUT2D eigenvalue weighted by molar-refractivity contribution is -0.121. The third-order valence-electron chi connectivity index (χ3n) is 6.11. The fourth-order valence-corrected chi connectivity index (χ4v) is 4.68. The summed E-state index contributed by atoms with van der Waals surface area (Å²) < 4.78 is 5.39. The summed E-state index contributed by atoms with van der Waals surface area (Å²) in [6.45, 7) is 2.03. The number of para-hydroxylation sites is 1. The van der Waals surface area contributed by atoms with Crippen LogP contribution in [0.3, 0.4) is 0 Å².